The summed E-state index contributed by atoms with van der Waals surface area (Å²) in [7, 11) is 0. The molecule has 3 aromatic carbocycles. The molecule has 2 aliphatic carbocycles. The van der Waals surface area contributed by atoms with Gasteiger partial charge >= 0.3 is 0 Å². The highest BCUT2D eigenvalue weighted by molar-refractivity contribution is 6.32. The lowest BCUT2D eigenvalue weighted by atomic mass is 9.67. The number of phenolic OH excluding ortho intramolecular Hbond substituents is 1. The van der Waals surface area contributed by atoms with E-state index in [4.69, 9.17) is 10.5 Å². The second-order valence-electron chi connectivity index (χ2n) is 11.1. The van der Waals surface area contributed by atoms with E-state index in [9.17, 15) is 19.8 Å². The zero-order valence-electron chi connectivity index (χ0n) is 22.2. The molecule has 4 atom stereocenters. The molecule has 0 spiro atoms. The summed E-state index contributed by atoms with van der Waals surface area (Å²) in [6, 6.07) is 8.11. The van der Waals surface area contributed by atoms with Crippen LogP contribution in [0.25, 0.3) is 10.8 Å². The Labute approximate surface area is 231 Å². The van der Waals surface area contributed by atoms with E-state index in [1.54, 1.807) is 24.3 Å². The van der Waals surface area contributed by atoms with Crippen LogP contribution in [-0.4, -0.2) is 39.5 Å². The molecule has 40 heavy (non-hydrogen) atoms. The summed E-state index contributed by atoms with van der Waals surface area (Å²) >= 11 is 0. The Balaban J connectivity index is 1.50. The fraction of sp³-hybridized carbons (Fsp3) is 0.273. The van der Waals surface area contributed by atoms with E-state index in [-0.39, 0.29) is 33.9 Å². The molecule has 4 aliphatic rings. The lowest BCUT2D eigenvalue weighted by molar-refractivity contribution is 0.0975. The van der Waals surface area contributed by atoms with E-state index < -0.39 is 34.9 Å². The minimum Gasteiger partial charge on any atom is -0.507 e. The van der Waals surface area contributed by atoms with Crippen molar-refractivity contribution in [3.63, 3.8) is 0 Å². The predicted octanol–water partition coefficient (Wildman–Crippen LogP) is 3.44. The normalized spacial score (nSPS) is 27.6. The van der Waals surface area contributed by atoms with E-state index in [2.05, 4.69) is 29.0 Å². The molecule has 0 aromatic heterocycles. The Bertz CT molecular complexity index is 1880. The smallest absolute Gasteiger partial charge is 0.198 e. The number of ketones is 2. The van der Waals surface area contributed by atoms with Gasteiger partial charge in [-0.3, -0.25) is 9.59 Å². The third kappa shape index (κ3) is 2.87. The first-order chi connectivity index (χ1) is 19.2. The average molecular weight is 531 g/mol. The number of benzene rings is 3. The topological polar surface area (TPSA) is 125 Å². The highest BCUT2D eigenvalue weighted by Gasteiger charge is 2.81. The van der Waals surface area contributed by atoms with Gasteiger partial charge in [0, 0.05) is 23.2 Å². The van der Waals surface area contributed by atoms with Crippen molar-refractivity contribution in [2.45, 2.75) is 50.7 Å². The first-order valence-electron chi connectivity index (χ1n) is 13.2. The van der Waals surface area contributed by atoms with Crippen LogP contribution in [0.15, 0.2) is 42.5 Å². The largest absolute Gasteiger partial charge is 0.507 e. The SMILES string of the molecule is Cc1cc2cc3c(cc2cc1CN)C(=O)c1c2c(cc(O)c1C3=O)[C@@]13O[C@@]1(C(C)C)[C@H](C#C/C=C\C#C[C@H]3O)N2. The molecule has 5 N–H and O–H groups in total. The van der Waals surface area contributed by atoms with Gasteiger partial charge in [-0.1, -0.05) is 43.6 Å². The quantitative estimate of drug-likeness (QED) is 0.178. The van der Waals surface area contributed by atoms with Crippen molar-refractivity contribution in [1.29, 1.82) is 0 Å². The monoisotopic (exact) mass is 530 g/mol. The number of fused-ring (bicyclic) bond motifs is 5. The Kier molecular flexibility index (Phi) is 4.96. The van der Waals surface area contributed by atoms with Gasteiger partial charge < -0.3 is 26.0 Å². The molecule has 0 radical (unpaired) electrons. The molecule has 7 nitrogen and oxygen atoms in total. The van der Waals surface area contributed by atoms with Gasteiger partial charge in [0.1, 0.15) is 17.4 Å². The maximum atomic E-state index is 14.2. The molecule has 0 saturated carbocycles. The van der Waals surface area contributed by atoms with Crippen LogP contribution in [0.4, 0.5) is 5.69 Å². The standard InChI is InChI=1S/C33H26N2O5/c1-16(2)32-25-8-6-4-5-7-9-26(37)33(32,40-32)23-14-24(36)27-28(29(23)35-25)31(39)22-13-19-11-20(15-34)17(3)10-18(19)12-21(22)30(27)38/h4-5,10-14,16,25-26,35-37H,15,34H2,1-3H3/b5-4-/t25-,26+,32-,33-/m0/s1. The molecule has 1 saturated heterocycles. The predicted molar refractivity (Wildman–Crippen MR) is 150 cm³/mol. The van der Waals surface area contributed by atoms with Crippen LogP contribution in [0.2, 0.25) is 0 Å². The van der Waals surface area contributed by atoms with Crippen molar-refractivity contribution in [3.8, 4) is 29.4 Å². The van der Waals surface area contributed by atoms with Crippen LogP contribution in [0.5, 0.6) is 5.75 Å². The number of hydrogen-bond acceptors (Lipinski definition) is 7. The number of aromatic hydroxyl groups is 1. The Morgan fingerprint density at radius 1 is 1.00 bits per heavy atom. The molecule has 7 heteroatoms. The molecule has 2 heterocycles. The average Bonchev–Trinajstić information content (AvgIpc) is 3.66. The van der Waals surface area contributed by atoms with E-state index >= 15 is 0 Å². The number of anilines is 1. The summed E-state index contributed by atoms with van der Waals surface area (Å²) < 4.78 is 6.46. The van der Waals surface area contributed by atoms with Gasteiger partial charge in [0.2, 0.25) is 0 Å². The van der Waals surface area contributed by atoms with E-state index in [0.717, 1.165) is 21.9 Å². The number of ether oxygens (including phenoxy) is 1. The van der Waals surface area contributed by atoms with Crippen molar-refractivity contribution in [1.82, 2.24) is 0 Å². The van der Waals surface area contributed by atoms with Crippen molar-refractivity contribution >= 4 is 28.0 Å². The number of aryl methyl sites for hydroxylation is 1. The zero-order chi connectivity index (χ0) is 28.1. The van der Waals surface area contributed by atoms with Gasteiger partial charge in [-0.2, -0.15) is 0 Å². The minimum absolute atomic E-state index is 0.0461. The van der Waals surface area contributed by atoms with Crippen LogP contribution < -0.4 is 11.1 Å². The molecule has 1 fully saturated rings. The van der Waals surface area contributed by atoms with Gasteiger partial charge in [0.05, 0.1) is 16.8 Å². The Morgan fingerprint density at radius 3 is 2.33 bits per heavy atom. The van der Waals surface area contributed by atoms with Gasteiger partial charge in [0.15, 0.2) is 23.3 Å². The second-order valence-corrected chi connectivity index (χ2v) is 11.1. The zero-order valence-corrected chi connectivity index (χ0v) is 22.2. The van der Waals surface area contributed by atoms with E-state index in [0.29, 0.717) is 17.8 Å². The lowest BCUT2D eigenvalue weighted by Crippen LogP contribution is -2.52. The molecule has 7 rings (SSSR count). The summed E-state index contributed by atoms with van der Waals surface area (Å²) in [6.45, 7) is 6.24. The van der Waals surface area contributed by atoms with Crippen LogP contribution in [0.3, 0.4) is 0 Å². The molecule has 3 aromatic rings. The number of epoxide rings is 1. The number of aliphatic hydroxyl groups excluding tert-OH is 1. The van der Waals surface area contributed by atoms with Crippen molar-refractivity contribution in [2.24, 2.45) is 11.7 Å². The number of hydrogen-bond donors (Lipinski definition) is 4. The van der Waals surface area contributed by atoms with Crippen LogP contribution in [0.1, 0.15) is 62.4 Å². The molecule has 0 unspecified atom stereocenters. The van der Waals surface area contributed by atoms with Gasteiger partial charge in [-0.15, -0.1) is 0 Å². The molecular weight excluding hydrogens is 504 g/mol. The highest BCUT2D eigenvalue weighted by Crippen LogP contribution is 2.68. The van der Waals surface area contributed by atoms with Gasteiger partial charge in [-0.25, -0.2) is 0 Å². The second kappa shape index (κ2) is 8.06. The summed E-state index contributed by atoms with van der Waals surface area (Å²) in [4.78, 5) is 28.2. The van der Waals surface area contributed by atoms with Gasteiger partial charge in [0.25, 0.3) is 0 Å². The van der Waals surface area contributed by atoms with Crippen molar-refractivity contribution < 1.29 is 24.5 Å². The number of nitrogens with one attached hydrogen (secondary N) is 1. The summed E-state index contributed by atoms with van der Waals surface area (Å²) in [5, 5.41) is 27.7. The maximum Gasteiger partial charge on any atom is 0.198 e. The van der Waals surface area contributed by atoms with Gasteiger partial charge in [-0.05, 0) is 71.2 Å². The summed E-state index contributed by atoms with van der Waals surface area (Å²) in [5.41, 5.74) is 6.67. The van der Waals surface area contributed by atoms with Crippen LogP contribution in [0, 0.1) is 36.5 Å². The lowest BCUT2D eigenvalue weighted by Gasteiger charge is -2.38. The molecule has 2 bridgehead atoms. The molecular formula is C33H26N2O5. The molecule has 0 amide bonds. The number of carbonyl (C=O) groups is 2. The molecule has 2 aliphatic heterocycles. The summed E-state index contributed by atoms with van der Waals surface area (Å²) in [6.07, 6.45) is 1.88. The third-order valence-corrected chi connectivity index (χ3v) is 8.83. The highest BCUT2D eigenvalue weighted by atomic mass is 16.6. The number of carbonyl (C=O) groups excluding carboxylic acids is 2. The molecule has 198 valence electrons. The van der Waals surface area contributed by atoms with Crippen LogP contribution in [-0.2, 0) is 16.9 Å². The van der Waals surface area contributed by atoms with E-state index in [1.807, 2.05) is 32.9 Å². The first-order valence-corrected chi connectivity index (χ1v) is 13.2. The third-order valence-electron chi connectivity index (χ3n) is 8.83. The minimum atomic E-state index is -1.35. The van der Waals surface area contributed by atoms with Crippen LogP contribution >= 0.6 is 0 Å². The Morgan fingerprint density at radius 2 is 1.65 bits per heavy atom. The fourth-order valence-electron chi connectivity index (χ4n) is 6.86. The number of allylic oxidation sites excluding steroid dienone is 2. The number of aliphatic hydroxyl groups is 1. The van der Waals surface area contributed by atoms with Crippen molar-refractivity contribution in [2.75, 3.05) is 5.32 Å². The first kappa shape index (κ1) is 24.6. The Hall–Kier alpha value is -4.40. The summed E-state index contributed by atoms with van der Waals surface area (Å²) in [5.74, 6) is 10.5. The van der Waals surface area contributed by atoms with E-state index in [1.165, 1.54) is 6.07 Å². The number of rotatable bonds is 2. The number of nitrogens with two attached hydrogens (primary N) is 1. The van der Waals surface area contributed by atoms with Crippen molar-refractivity contribution in [3.05, 3.63) is 81.4 Å². The fourth-order valence-corrected chi connectivity index (χ4v) is 6.86. The maximum absolute atomic E-state index is 14.2. The number of phenols is 1.